The average Bonchev–Trinajstić information content (AvgIpc) is 2.15. The first-order valence-electron chi connectivity index (χ1n) is 4.12. The second kappa shape index (κ2) is 4.85. The smallest absolute Gasteiger partial charge is 0.174 e. The summed E-state index contributed by atoms with van der Waals surface area (Å²) < 4.78 is 5.12. The van der Waals surface area contributed by atoms with Gasteiger partial charge in [-0.3, -0.25) is 0 Å². The highest BCUT2D eigenvalue weighted by molar-refractivity contribution is 6.30. The summed E-state index contributed by atoms with van der Waals surface area (Å²) in [4.78, 5) is 0. The summed E-state index contributed by atoms with van der Waals surface area (Å²) in [5.74, 6) is 0.492. The average molecular weight is 212 g/mol. The summed E-state index contributed by atoms with van der Waals surface area (Å²) in [6.45, 7) is 1.58. The van der Waals surface area contributed by atoms with E-state index >= 15 is 0 Å². The number of nitriles is 1. The molecule has 1 rings (SSSR count). The van der Waals surface area contributed by atoms with Gasteiger partial charge in [-0.15, -0.1) is 0 Å². The van der Waals surface area contributed by atoms with Crippen LogP contribution in [-0.2, 0) is 0 Å². The van der Waals surface area contributed by atoms with Crippen LogP contribution in [-0.4, -0.2) is 11.7 Å². The van der Waals surface area contributed by atoms with Gasteiger partial charge >= 0.3 is 0 Å². The molecule has 1 atom stereocenters. The van der Waals surface area contributed by atoms with Crippen molar-refractivity contribution in [3.63, 3.8) is 0 Å². The number of benzene rings is 1. The first-order chi connectivity index (χ1) is 6.65. The molecular weight excluding hydrogens is 202 g/mol. The molecule has 1 aromatic carbocycles. The van der Waals surface area contributed by atoms with E-state index in [4.69, 9.17) is 21.6 Å². The van der Waals surface area contributed by atoms with Gasteiger partial charge in [0.2, 0.25) is 0 Å². The summed E-state index contributed by atoms with van der Waals surface area (Å²) in [5, 5.41) is 18.3. The molecule has 3 nitrogen and oxygen atoms in total. The fourth-order valence-electron chi connectivity index (χ4n) is 1.09. The highest BCUT2D eigenvalue weighted by Crippen LogP contribution is 2.28. The number of aliphatic hydroxyl groups is 1. The first kappa shape index (κ1) is 10.8. The van der Waals surface area contributed by atoms with Gasteiger partial charge in [0.05, 0.1) is 6.10 Å². The van der Waals surface area contributed by atoms with E-state index in [9.17, 15) is 5.11 Å². The predicted octanol–water partition coefficient (Wildman–Crippen LogP) is 2.30. The summed E-state index contributed by atoms with van der Waals surface area (Å²) in [7, 11) is 0. The van der Waals surface area contributed by atoms with E-state index in [1.165, 1.54) is 0 Å². The van der Waals surface area contributed by atoms with Crippen LogP contribution >= 0.6 is 11.6 Å². The van der Waals surface area contributed by atoms with Crippen LogP contribution in [0, 0.1) is 11.3 Å². The zero-order chi connectivity index (χ0) is 10.6. The van der Waals surface area contributed by atoms with Gasteiger partial charge in [0, 0.05) is 10.6 Å². The third kappa shape index (κ3) is 2.63. The molecule has 0 saturated heterocycles. The molecule has 0 spiro atoms. The molecule has 0 aromatic heterocycles. The summed E-state index contributed by atoms with van der Waals surface area (Å²) in [6.07, 6.45) is -0.664. The molecular formula is C10H10ClNO2. The minimum Gasteiger partial charge on any atom is -0.478 e. The lowest BCUT2D eigenvalue weighted by atomic mass is 10.1. The third-order valence-electron chi connectivity index (χ3n) is 1.71. The van der Waals surface area contributed by atoms with Gasteiger partial charge in [-0.2, -0.15) is 5.26 Å². The Hall–Kier alpha value is -1.24. The Balaban J connectivity index is 2.97. The summed E-state index contributed by atoms with van der Waals surface area (Å²) in [6, 6.07) is 6.78. The lowest BCUT2D eigenvalue weighted by molar-refractivity contribution is 0.193. The molecule has 1 aromatic rings. The van der Waals surface area contributed by atoms with Crippen molar-refractivity contribution in [3.8, 4) is 11.8 Å². The Morgan fingerprint density at radius 3 is 2.93 bits per heavy atom. The number of halogens is 1. The van der Waals surface area contributed by atoms with Crippen molar-refractivity contribution >= 4 is 11.6 Å². The first-order valence-corrected chi connectivity index (χ1v) is 4.50. The largest absolute Gasteiger partial charge is 0.478 e. The molecule has 0 heterocycles. The van der Waals surface area contributed by atoms with Crippen molar-refractivity contribution in [3.05, 3.63) is 28.8 Å². The topological polar surface area (TPSA) is 53.2 Å². The molecule has 0 bridgehead atoms. The molecule has 0 aliphatic rings. The maximum atomic E-state index is 9.41. The quantitative estimate of drug-likeness (QED) is 0.835. The van der Waals surface area contributed by atoms with Crippen molar-refractivity contribution in [1.29, 1.82) is 5.26 Å². The van der Waals surface area contributed by atoms with Crippen molar-refractivity contribution in [2.45, 2.75) is 13.0 Å². The molecule has 0 fully saturated rings. The zero-order valence-corrected chi connectivity index (χ0v) is 8.45. The molecule has 0 radical (unpaired) electrons. The number of nitrogens with zero attached hydrogens (tertiary/aromatic N) is 1. The fraction of sp³-hybridized carbons (Fsp3) is 0.300. The van der Waals surface area contributed by atoms with Crippen LogP contribution in [0.1, 0.15) is 18.6 Å². The Bertz CT molecular complexity index is 358. The van der Waals surface area contributed by atoms with Crippen LogP contribution in [0.25, 0.3) is 0 Å². The van der Waals surface area contributed by atoms with Gasteiger partial charge in [0.1, 0.15) is 11.8 Å². The van der Waals surface area contributed by atoms with Gasteiger partial charge in [-0.1, -0.05) is 11.6 Å². The molecule has 14 heavy (non-hydrogen) atoms. The normalized spacial score (nSPS) is 11.9. The highest BCUT2D eigenvalue weighted by Gasteiger charge is 2.09. The van der Waals surface area contributed by atoms with Crippen molar-refractivity contribution < 1.29 is 9.84 Å². The second-order valence-corrected chi connectivity index (χ2v) is 3.24. The number of hydrogen-bond acceptors (Lipinski definition) is 3. The van der Waals surface area contributed by atoms with Gasteiger partial charge in [0.15, 0.2) is 6.61 Å². The van der Waals surface area contributed by atoms with E-state index in [0.29, 0.717) is 16.3 Å². The van der Waals surface area contributed by atoms with Gasteiger partial charge in [0.25, 0.3) is 0 Å². The molecule has 4 heteroatoms. The van der Waals surface area contributed by atoms with Crippen LogP contribution in [0.4, 0.5) is 0 Å². The van der Waals surface area contributed by atoms with Crippen molar-refractivity contribution in [1.82, 2.24) is 0 Å². The standard InChI is InChI=1S/C10H10ClNO2/c1-7(13)9-6-8(11)2-3-10(9)14-5-4-12/h2-3,6-7,13H,5H2,1H3/t7-/m1/s1. The van der Waals surface area contributed by atoms with Crippen LogP contribution in [0.2, 0.25) is 5.02 Å². The van der Waals surface area contributed by atoms with Gasteiger partial charge in [-0.05, 0) is 25.1 Å². The lowest BCUT2D eigenvalue weighted by Gasteiger charge is -2.11. The molecule has 74 valence electrons. The number of ether oxygens (including phenoxy) is 1. The van der Waals surface area contributed by atoms with E-state index in [-0.39, 0.29) is 6.61 Å². The predicted molar refractivity (Wildman–Crippen MR) is 53.2 cm³/mol. The molecule has 0 aliphatic carbocycles. The van der Waals surface area contributed by atoms with E-state index < -0.39 is 6.10 Å². The fourth-order valence-corrected chi connectivity index (χ4v) is 1.27. The van der Waals surface area contributed by atoms with E-state index in [0.717, 1.165) is 0 Å². The number of hydrogen-bond donors (Lipinski definition) is 1. The van der Waals surface area contributed by atoms with Crippen LogP contribution in [0.15, 0.2) is 18.2 Å². The van der Waals surface area contributed by atoms with Crippen molar-refractivity contribution in [2.24, 2.45) is 0 Å². The highest BCUT2D eigenvalue weighted by atomic mass is 35.5. The lowest BCUT2D eigenvalue weighted by Crippen LogP contribution is -2.00. The molecule has 0 amide bonds. The number of aliphatic hydroxyl groups excluding tert-OH is 1. The number of rotatable bonds is 3. The minimum atomic E-state index is -0.664. The van der Waals surface area contributed by atoms with E-state index in [1.807, 2.05) is 6.07 Å². The summed E-state index contributed by atoms with van der Waals surface area (Å²) in [5.41, 5.74) is 0.591. The second-order valence-electron chi connectivity index (χ2n) is 2.80. The Morgan fingerprint density at radius 1 is 1.64 bits per heavy atom. The summed E-state index contributed by atoms with van der Waals surface area (Å²) >= 11 is 5.76. The van der Waals surface area contributed by atoms with Crippen LogP contribution < -0.4 is 4.74 Å². The SMILES string of the molecule is C[C@@H](O)c1cc(Cl)ccc1OCC#N. The zero-order valence-electron chi connectivity index (χ0n) is 7.70. The minimum absolute atomic E-state index is 0.0403. The molecule has 0 aliphatic heterocycles. The maximum Gasteiger partial charge on any atom is 0.174 e. The molecule has 0 saturated carbocycles. The van der Waals surface area contributed by atoms with Crippen LogP contribution in [0.5, 0.6) is 5.75 Å². The maximum absolute atomic E-state index is 9.41. The molecule has 1 N–H and O–H groups in total. The van der Waals surface area contributed by atoms with Crippen LogP contribution in [0.3, 0.4) is 0 Å². The van der Waals surface area contributed by atoms with Gasteiger partial charge < -0.3 is 9.84 Å². The Labute approximate surface area is 87.5 Å². The monoisotopic (exact) mass is 211 g/mol. The van der Waals surface area contributed by atoms with E-state index in [1.54, 1.807) is 25.1 Å². The van der Waals surface area contributed by atoms with E-state index in [2.05, 4.69) is 0 Å². The Kier molecular flexibility index (Phi) is 3.75. The molecule has 0 unspecified atom stereocenters. The van der Waals surface area contributed by atoms with Gasteiger partial charge in [-0.25, -0.2) is 0 Å². The van der Waals surface area contributed by atoms with Crippen molar-refractivity contribution in [2.75, 3.05) is 6.61 Å². The Morgan fingerprint density at radius 2 is 2.36 bits per heavy atom. The third-order valence-corrected chi connectivity index (χ3v) is 1.95.